The molecule has 0 fully saturated rings. The van der Waals surface area contributed by atoms with Crippen molar-refractivity contribution in [1.29, 1.82) is 0 Å². The largest absolute Gasteiger partial charge is 0.383 e. The number of aliphatic hydroxyl groups is 1. The van der Waals surface area contributed by atoms with Crippen molar-refractivity contribution in [2.45, 2.75) is 6.10 Å². The molecule has 1 N–H and O–H groups in total. The van der Waals surface area contributed by atoms with E-state index in [2.05, 4.69) is 4.98 Å². The number of rotatable bonds is 2. The van der Waals surface area contributed by atoms with Crippen LogP contribution in [0.4, 0.5) is 0 Å². The molecule has 0 aliphatic rings. The van der Waals surface area contributed by atoms with Gasteiger partial charge in [0.1, 0.15) is 6.10 Å². The standard InChI is InChI=1S/C14H10ClNOS/c15-11-5-6-18-14(11)13(17)10-7-9-3-1-2-4-12(9)16-8-10/h1-8,13,17H. The first-order chi connectivity index (χ1) is 8.75. The maximum atomic E-state index is 10.3. The molecule has 3 aromatic rings. The van der Waals surface area contributed by atoms with Gasteiger partial charge in [0.05, 0.1) is 15.4 Å². The Morgan fingerprint density at radius 1 is 1.22 bits per heavy atom. The zero-order valence-electron chi connectivity index (χ0n) is 9.38. The third kappa shape index (κ3) is 2.01. The van der Waals surface area contributed by atoms with Crippen molar-refractivity contribution >= 4 is 33.8 Å². The van der Waals surface area contributed by atoms with Crippen LogP contribution in [0.15, 0.2) is 48.0 Å². The highest BCUT2D eigenvalue weighted by atomic mass is 35.5. The molecule has 0 radical (unpaired) electrons. The van der Waals surface area contributed by atoms with Crippen LogP contribution in [0, 0.1) is 0 Å². The lowest BCUT2D eigenvalue weighted by molar-refractivity contribution is 0.224. The van der Waals surface area contributed by atoms with E-state index in [1.807, 2.05) is 35.7 Å². The van der Waals surface area contributed by atoms with Crippen LogP contribution in [0.3, 0.4) is 0 Å². The van der Waals surface area contributed by atoms with Crippen LogP contribution in [-0.2, 0) is 0 Å². The number of para-hydroxylation sites is 1. The van der Waals surface area contributed by atoms with E-state index in [0.29, 0.717) is 5.02 Å². The molecule has 3 rings (SSSR count). The van der Waals surface area contributed by atoms with Gasteiger partial charge in [0.2, 0.25) is 0 Å². The van der Waals surface area contributed by atoms with E-state index in [1.54, 1.807) is 12.3 Å². The number of hydrogen-bond donors (Lipinski definition) is 1. The van der Waals surface area contributed by atoms with Crippen molar-refractivity contribution in [3.63, 3.8) is 0 Å². The highest BCUT2D eigenvalue weighted by Gasteiger charge is 2.16. The highest BCUT2D eigenvalue weighted by Crippen LogP contribution is 2.33. The van der Waals surface area contributed by atoms with E-state index in [4.69, 9.17) is 11.6 Å². The number of benzene rings is 1. The highest BCUT2D eigenvalue weighted by molar-refractivity contribution is 7.10. The molecule has 0 amide bonds. The van der Waals surface area contributed by atoms with E-state index in [1.165, 1.54) is 11.3 Å². The molecule has 0 spiro atoms. The number of hydrogen-bond acceptors (Lipinski definition) is 3. The maximum absolute atomic E-state index is 10.3. The van der Waals surface area contributed by atoms with Gasteiger partial charge in [0.25, 0.3) is 0 Å². The van der Waals surface area contributed by atoms with Gasteiger partial charge in [-0.25, -0.2) is 0 Å². The Labute approximate surface area is 113 Å². The molecule has 4 heteroatoms. The molecule has 2 heterocycles. The molecule has 0 aliphatic carbocycles. The summed E-state index contributed by atoms with van der Waals surface area (Å²) in [5.41, 5.74) is 1.68. The predicted octanol–water partition coefficient (Wildman–Crippen LogP) is 4.03. The molecule has 1 aromatic carbocycles. The maximum Gasteiger partial charge on any atom is 0.116 e. The molecule has 1 unspecified atom stereocenters. The summed E-state index contributed by atoms with van der Waals surface area (Å²) in [6.45, 7) is 0. The van der Waals surface area contributed by atoms with E-state index in [9.17, 15) is 5.11 Å². The topological polar surface area (TPSA) is 33.1 Å². The molecule has 0 saturated carbocycles. The van der Waals surface area contributed by atoms with Gasteiger partial charge in [-0.05, 0) is 23.6 Å². The van der Waals surface area contributed by atoms with Crippen molar-refractivity contribution in [3.8, 4) is 0 Å². The molecule has 2 aromatic heterocycles. The summed E-state index contributed by atoms with van der Waals surface area (Å²) < 4.78 is 0. The number of halogens is 1. The summed E-state index contributed by atoms with van der Waals surface area (Å²) in [6.07, 6.45) is 0.984. The van der Waals surface area contributed by atoms with Crippen molar-refractivity contribution in [3.05, 3.63) is 63.4 Å². The number of pyridine rings is 1. The van der Waals surface area contributed by atoms with E-state index < -0.39 is 6.10 Å². The first kappa shape index (κ1) is 11.7. The number of aromatic nitrogens is 1. The Morgan fingerprint density at radius 3 is 2.83 bits per heavy atom. The van der Waals surface area contributed by atoms with Crippen LogP contribution in [0.5, 0.6) is 0 Å². The summed E-state index contributed by atoms with van der Waals surface area (Å²) in [7, 11) is 0. The normalized spacial score (nSPS) is 12.8. The van der Waals surface area contributed by atoms with Crippen LogP contribution >= 0.6 is 22.9 Å². The van der Waals surface area contributed by atoms with Crippen molar-refractivity contribution in [1.82, 2.24) is 4.98 Å². The van der Waals surface area contributed by atoms with Crippen LogP contribution in [-0.4, -0.2) is 10.1 Å². The van der Waals surface area contributed by atoms with Gasteiger partial charge in [-0.15, -0.1) is 11.3 Å². The zero-order valence-corrected chi connectivity index (χ0v) is 10.9. The molecule has 0 saturated heterocycles. The average Bonchev–Trinajstić information content (AvgIpc) is 2.83. The Hall–Kier alpha value is -1.42. The summed E-state index contributed by atoms with van der Waals surface area (Å²) in [5.74, 6) is 0. The third-order valence-corrected chi connectivity index (χ3v) is 4.23. The lowest BCUT2D eigenvalue weighted by Gasteiger charge is -2.10. The lowest BCUT2D eigenvalue weighted by Crippen LogP contribution is -1.98. The fourth-order valence-corrected chi connectivity index (χ4v) is 3.06. The van der Waals surface area contributed by atoms with Gasteiger partial charge in [0, 0.05) is 17.1 Å². The molecule has 1 atom stereocenters. The van der Waals surface area contributed by atoms with E-state index in [-0.39, 0.29) is 0 Å². The van der Waals surface area contributed by atoms with Gasteiger partial charge >= 0.3 is 0 Å². The molecule has 90 valence electrons. The quantitative estimate of drug-likeness (QED) is 0.766. The van der Waals surface area contributed by atoms with Crippen molar-refractivity contribution < 1.29 is 5.11 Å². The molecule has 0 bridgehead atoms. The SMILES string of the molecule is OC(c1cnc2ccccc2c1)c1sccc1Cl. The second-order valence-corrected chi connectivity index (χ2v) is 5.35. The van der Waals surface area contributed by atoms with Crippen molar-refractivity contribution in [2.75, 3.05) is 0 Å². The fraction of sp³-hybridized carbons (Fsp3) is 0.0714. The Morgan fingerprint density at radius 2 is 2.06 bits per heavy atom. The van der Waals surface area contributed by atoms with Crippen LogP contribution < -0.4 is 0 Å². The molecular formula is C14H10ClNOS. The minimum absolute atomic E-state index is 0.598. The molecule has 0 aliphatic heterocycles. The van der Waals surface area contributed by atoms with Gasteiger partial charge < -0.3 is 5.11 Å². The van der Waals surface area contributed by atoms with Crippen LogP contribution in [0.1, 0.15) is 16.5 Å². The first-order valence-corrected chi connectivity index (χ1v) is 6.77. The monoisotopic (exact) mass is 275 g/mol. The first-order valence-electron chi connectivity index (χ1n) is 5.51. The summed E-state index contributed by atoms with van der Waals surface area (Å²) >= 11 is 7.48. The predicted molar refractivity (Wildman–Crippen MR) is 75.1 cm³/mol. The van der Waals surface area contributed by atoms with Crippen LogP contribution in [0.2, 0.25) is 5.02 Å². The minimum atomic E-state index is -0.713. The smallest absolute Gasteiger partial charge is 0.116 e. The molecule has 2 nitrogen and oxygen atoms in total. The summed E-state index contributed by atoms with van der Waals surface area (Å²) in [5, 5.41) is 13.8. The Kier molecular flexibility index (Phi) is 3.04. The summed E-state index contributed by atoms with van der Waals surface area (Å²) in [4.78, 5) is 5.10. The second kappa shape index (κ2) is 4.69. The lowest BCUT2D eigenvalue weighted by atomic mass is 10.1. The number of nitrogens with zero attached hydrogens (tertiary/aromatic N) is 1. The minimum Gasteiger partial charge on any atom is -0.383 e. The number of aliphatic hydroxyl groups excluding tert-OH is 1. The zero-order chi connectivity index (χ0) is 12.5. The molecular weight excluding hydrogens is 266 g/mol. The van der Waals surface area contributed by atoms with E-state index >= 15 is 0 Å². The Bertz CT molecular complexity index is 695. The average molecular weight is 276 g/mol. The Balaban J connectivity index is 2.07. The summed E-state index contributed by atoms with van der Waals surface area (Å²) in [6, 6.07) is 11.6. The van der Waals surface area contributed by atoms with Crippen LogP contribution in [0.25, 0.3) is 10.9 Å². The third-order valence-electron chi connectivity index (χ3n) is 2.82. The number of fused-ring (bicyclic) bond motifs is 1. The van der Waals surface area contributed by atoms with Crippen molar-refractivity contribution in [2.24, 2.45) is 0 Å². The van der Waals surface area contributed by atoms with E-state index in [0.717, 1.165) is 21.3 Å². The molecule has 18 heavy (non-hydrogen) atoms. The fourth-order valence-electron chi connectivity index (χ4n) is 1.89. The van der Waals surface area contributed by atoms with Gasteiger partial charge in [-0.1, -0.05) is 29.8 Å². The van der Waals surface area contributed by atoms with Gasteiger partial charge in [-0.2, -0.15) is 0 Å². The van der Waals surface area contributed by atoms with Gasteiger partial charge in [-0.3, -0.25) is 4.98 Å². The second-order valence-electron chi connectivity index (χ2n) is 4.00. The number of thiophene rings is 1. The van der Waals surface area contributed by atoms with Gasteiger partial charge in [0.15, 0.2) is 0 Å².